The third-order valence-corrected chi connectivity index (χ3v) is 3.49. The molecule has 0 bridgehead atoms. The van der Waals surface area contributed by atoms with Gasteiger partial charge in [-0.25, -0.2) is 0 Å². The Bertz CT molecular complexity index is 485. The third-order valence-electron chi connectivity index (χ3n) is 3.49. The van der Waals surface area contributed by atoms with Crippen LogP contribution in [0.5, 0.6) is 0 Å². The summed E-state index contributed by atoms with van der Waals surface area (Å²) in [5, 5.41) is 0. The molecule has 0 radical (unpaired) electrons. The molecule has 0 spiro atoms. The maximum Gasteiger partial charge on any atom is 0.253 e. The number of rotatable bonds is 6. The van der Waals surface area contributed by atoms with E-state index in [-0.39, 0.29) is 5.91 Å². The van der Waals surface area contributed by atoms with Crippen molar-refractivity contribution < 1.29 is 4.79 Å². The summed E-state index contributed by atoms with van der Waals surface area (Å²) in [6.45, 7) is 6.12. The lowest BCUT2D eigenvalue weighted by Crippen LogP contribution is -2.40. The second kappa shape index (κ2) is 7.31. The van der Waals surface area contributed by atoms with Crippen molar-refractivity contribution in [3.8, 4) is 0 Å². The van der Waals surface area contributed by atoms with Gasteiger partial charge in [-0.2, -0.15) is 0 Å². The molecular weight excluding hydrogens is 264 g/mol. The minimum atomic E-state index is -0.0300. The Hall–Kier alpha value is -1.75. The summed E-state index contributed by atoms with van der Waals surface area (Å²) in [7, 11) is 7.60. The Morgan fingerprint density at radius 1 is 1.24 bits per heavy atom. The highest BCUT2D eigenvalue weighted by molar-refractivity contribution is 5.95. The summed E-state index contributed by atoms with van der Waals surface area (Å²) in [5.74, 6) is -0.0300. The highest BCUT2D eigenvalue weighted by atomic mass is 16.2. The maximum atomic E-state index is 12.0. The van der Waals surface area contributed by atoms with Crippen LogP contribution < -0.4 is 10.6 Å². The van der Waals surface area contributed by atoms with Crippen LogP contribution in [0.4, 0.5) is 11.4 Å². The third kappa shape index (κ3) is 4.36. The maximum absolute atomic E-state index is 12.0. The number of carbonyl (C=O) groups excluding carboxylic acids is 1. The molecular formula is C16H28N4O. The van der Waals surface area contributed by atoms with Gasteiger partial charge in [-0.1, -0.05) is 0 Å². The minimum absolute atomic E-state index is 0.0300. The van der Waals surface area contributed by atoms with Gasteiger partial charge in [0.1, 0.15) is 0 Å². The van der Waals surface area contributed by atoms with Crippen molar-refractivity contribution in [3.05, 3.63) is 23.8 Å². The zero-order chi connectivity index (χ0) is 16.2. The molecule has 1 unspecified atom stereocenters. The molecule has 0 aliphatic heterocycles. The standard InChI is InChI=1S/C16H28N4O/c1-7-20(12(2)11-18(3)4)15-9-8-13(10-14(15)17)16(21)19(5)6/h8-10,12H,7,11,17H2,1-6H3. The van der Waals surface area contributed by atoms with Crippen LogP contribution in [0, 0.1) is 0 Å². The van der Waals surface area contributed by atoms with Crippen molar-refractivity contribution in [2.45, 2.75) is 19.9 Å². The van der Waals surface area contributed by atoms with Crippen LogP contribution >= 0.6 is 0 Å². The normalized spacial score (nSPS) is 12.3. The number of hydrogen-bond donors (Lipinski definition) is 1. The van der Waals surface area contributed by atoms with Crippen LogP contribution in [-0.4, -0.2) is 63.0 Å². The van der Waals surface area contributed by atoms with E-state index in [0.29, 0.717) is 17.3 Å². The Kier molecular flexibility index (Phi) is 6.03. The first-order valence-corrected chi connectivity index (χ1v) is 7.30. The first-order valence-electron chi connectivity index (χ1n) is 7.30. The van der Waals surface area contributed by atoms with Gasteiger partial charge < -0.3 is 20.4 Å². The van der Waals surface area contributed by atoms with Crippen LogP contribution in [0.3, 0.4) is 0 Å². The molecule has 1 aromatic rings. The Morgan fingerprint density at radius 3 is 2.29 bits per heavy atom. The van der Waals surface area contributed by atoms with Gasteiger partial charge in [-0.05, 0) is 46.1 Å². The van der Waals surface area contributed by atoms with Crippen molar-refractivity contribution in [1.29, 1.82) is 0 Å². The van der Waals surface area contributed by atoms with Crippen molar-refractivity contribution >= 4 is 17.3 Å². The molecule has 0 saturated heterocycles. The number of carbonyl (C=O) groups is 1. The minimum Gasteiger partial charge on any atom is -0.397 e. The number of nitrogens with zero attached hydrogens (tertiary/aromatic N) is 3. The van der Waals surface area contributed by atoms with E-state index in [1.165, 1.54) is 0 Å². The molecule has 0 aliphatic carbocycles. The van der Waals surface area contributed by atoms with Crippen molar-refractivity contribution in [3.63, 3.8) is 0 Å². The largest absolute Gasteiger partial charge is 0.397 e. The number of benzene rings is 1. The Balaban J connectivity index is 3.04. The second-order valence-electron chi connectivity index (χ2n) is 5.87. The molecule has 5 heteroatoms. The van der Waals surface area contributed by atoms with Gasteiger partial charge in [-0.3, -0.25) is 4.79 Å². The fourth-order valence-electron chi connectivity index (χ4n) is 2.55. The average Bonchev–Trinajstić information content (AvgIpc) is 2.39. The van der Waals surface area contributed by atoms with Crippen molar-refractivity contribution in [1.82, 2.24) is 9.80 Å². The molecule has 0 aromatic heterocycles. The molecule has 0 saturated carbocycles. The molecule has 118 valence electrons. The summed E-state index contributed by atoms with van der Waals surface area (Å²) in [5.41, 5.74) is 8.44. The first kappa shape index (κ1) is 17.3. The predicted octanol–water partition coefficient (Wildman–Crippen LogP) is 1.75. The van der Waals surface area contributed by atoms with Crippen LogP contribution in [0.2, 0.25) is 0 Å². The number of nitrogen functional groups attached to an aromatic ring is 1. The van der Waals surface area contributed by atoms with Gasteiger partial charge in [-0.15, -0.1) is 0 Å². The molecule has 0 fully saturated rings. The van der Waals surface area contributed by atoms with Crippen LogP contribution in [-0.2, 0) is 0 Å². The van der Waals surface area contributed by atoms with Gasteiger partial charge in [0.2, 0.25) is 0 Å². The number of amides is 1. The number of hydrogen-bond acceptors (Lipinski definition) is 4. The zero-order valence-corrected chi connectivity index (χ0v) is 14.1. The monoisotopic (exact) mass is 292 g/mol. The molecule has 1 amide bonds. The average molecular weight is 292 g/mol. The smallest absolute Gasteiger partial charge is 0.253 e. The molecule has 5 nitrogen and oxygen atoms in total. The summed E-state index contributed by atoms with van der Waals surface area (Å²) < 4.78 is 0. The van der Waals surface area contributed by atoms with E-state index in [1.807, 2.05) is 12.1 Å². The van der Waals surface area contributed by atoms with E-state index < -0.39 is 0 Å². The Morgan fingerprint density at radius 2 is 1.86 bits per heavy atom. The van der Waals surface area contributed by atoms with E-state index in [0.717, 1.165) is 18.8 Å². The van der Waals surface area contributed by atoms with Gasteiger partial charge in [0.05, 0.1) is 11.4 Å². The van der Waals surface area contributed by atoms with E-state index in [2.05, 4.69) is 37.7 Å². The predicted molar refractivity (Wildman–Crippen MR) is 89.9 cm³/mol. The lowest BCUT2D eigenvalue weighted by Gasteiger charge is -2.33. The molecule has 2 N–H and O–H groups in total. The lowest BCUT2D eigenvalue weighted by molar-refractivity contribution is 0.0827. The second-order valence-corrected chi connectivity index (χ2v) is 5.87. The number of nitrogens with two attached hydrogens (primary N) is 1. The molecule has 1 rings (SSSR count). The van der Waals surface area contributed by atoms with E-state index in [4.69, 9.17) is 5.73 Å². The molecule has 1 aromatic carbocycles. The van der Waals surface area contributed by atoms with Crippen LogP contribution in [0.25, 0.3) is 0 Å². The first-order chi connectivity index (χ1) is 9.77. The lowest BCUT2D eigenvalue weighted by atomic mass is 10.1. The Labute approximate surface area is 128 Å². The molecule has 0 aliphatic rings. The molecule has 0 heterocycles. The van der Waals surface area contributed by atoms with Gasteiger partial charge in [0.15, 0.2) is 0 Å². The number of anilines is 2. The molecule has 1 atom stereocenters. The van der Waals surface area contributed by atoms with E-state index in [1.54, 1.807) is 25.1 Å². The van der Waals surface area contributed by atoms with Gasteiger partial charge >= 0.3 is 0 Å². The summed E-state index contributed by atoms with van der Waals surface area (Å²) in [6.07, 6.45) is 0. The van der Waals surface area contributed by atoms with Crippen LogP contribution in [0.1, 0.15) is 24.2 Å². The van der Waals surface area contributed by atoms with E-state index in [9.17, 15) is 4.79 Å². The quantitative estimate of drug-likeness (QED) is 0.812. The fourth-order valence-corrected chi connectivity index (χ4v) is 2.55. The number of likely N-dealkylation sites (N-methyl/N-ethyl adjacent to an activating group) is 2. The van der Waals surface area contributed by atoms with Gasteiger partial charge in [0, 0.05) is 38.8 Å². The van der Waals surface area contributed by atoms with Crippen LogP contribution in [0.15, 0.2) is 18.2 Å². The summed E-state index contributed by atoms with van der Waals surface area (Å²) in [6, 6.07) is 5.91. The highest BCUT2D eigenvalue weighted by Gasteiger charge is 2.17. The van der Waals surface area contributed by atoms with Crippen molar-refractivity contribution in [2.24, 2.45) is 0 Å². The summed E-state index contributed by atoms with van der Waals surface area (Å²) in [4.78, 5) is 18.0. The fraction of sp³-hybridized carbons (Fsp3) is 0.562. The van der Waals surface area contributed by atoms with Crippen molar-refractivity contribution in [2.75, 3.05) is 51.9 Å². The topological polar surface area (TPSA) is 52.8 Å². The summed E-state index contributed by atoms with van der Waals surface area (Å²) >= 11 is 0. The zero-order valence-electron chi connectivity index (χ0n) is 14.1. The molecule has 21 heavy (non-hydrogen) atoms. The highest BCUT2D eigenvalue weighted by Crippen LogP contribution is 2.26. The van der Waals surface area contributed by atoms with Gasteiger partial charge in [0.25, 0.3) is 5.91 Å². The SMILES string of the molecule is CCN(c1ccc(C(=O)N(C)C)cc1N)C(C)CN(C)C. The van der Waals surface area contributed by atoms with E-state index >= 15 is 0 Å².